The molecule has 0 heterocycles. The highest BCUT2D eigenvalue weighted by Gasteiger charge is 2.26. The van der Waals surface area contributed by atoms with E-state index in [9.17, 15) is 9.59 Å². The van der Waals surface area contributed by atoms with Crippen molar-refractivity contribution in [1.82, 2.24) is 0 Å². The monoisotopic (exact) mass is 469 g/mol. The molecule has 9 nitrogen and oxygen atoms in total. The second kappa shape index (κ2) is 10.8. The van der Waals surface area contributed by atoms with E-state index in [0.29, 0.717) is 17.2 Å². The van der Waals surface area contributed by atoms with Crippen LogP contribution in [0.3, 0.4) is 0 Å². The number of amides is 1. The Morgan fingerprint density at radius 1 is 0.903 bits per heavy atom. The van der Waals surface area contributed by atoms with Crippen LogP contribution in [0.5, 0.6) is 23.0 Å². The topological polar surface area (TPSA) is 108 Å². The van der Waals surface area contributed by atoms with Crippen LogP contribution in [0, 0.1) is 0 Å². The van der Waals surface area contributed by atoms with Crippen LogP contribution in [0.2, 0.25) is 10.0 Å². The van der Waals surface area contributed by atoms with Crippen LogP contribution in [-0.2, 0) is 9.59 Å². The second-order valence-corrected chi connectivity index (χ2v) is 6.85. The average Bonchev–Trinajstić information content (AvgIpc) is 2.73. The molecule has 0 bridgehead atoms. The molecule has 166 valence electrons. The number of nitrogens with zero attached hydrogens (tertiary/aromatic N) is 2. The summed E-state index contributed by atoms with van der Waals surface area (Å²) in [7, 11) is 5.69. The number of carbonyl (C=O) groups is 2. The smallest absolute Gasteiger partial charge is 0.259 e. The maximum Gasteiger partial charge on any atom is 0.259 e. The molecule has 0 spiro atoms. The number of hydrogen-bond donors (Lipinski definition) is 1. The molecule has 0 saturated carbocycles. The maximum absolute atomic E-state index is 12.8. The van der Waals surface area contributed by atoms with Gasteiger partial charge in [-0.2, -0.15) is 10.2 Å². The molecule has 0 fully saturated rings. The molecule has 11 heteroatoms. The van der Waals surface area contributed by atoms with Crippen LogP contribution in [0.15, 0.2) is 34.5 Å². The van der Waals surface area contributed by atoms with Gasteiger partial charge in [-0.05, 0) is 25.1 Å². The van der Waals surface area contributed by atoms with Crippen LogP contribution in [0.4, 0.5) is 11.4 Å². The van der Waals surface area contributed by atoms with E-state index in [0.717, 1.165) is 0 Å². The van der Waals surface area contributed by atoms with Crippen LogP contribution >= 0.6 is 23.2 Å². The van der Waals surface area contributed by atoms with Crippen LogP contribution in [0.25, 0.3) is 0 Å². The minimum atomic E-state index is -1.44. The normalized spacial score (nSPS) is 11.7. The number of rotatable bonds is 9. The fourth-order valence-electron chi connectivity index (χ4n) is 2.62. The number of benzene rings is 2. The van der Waals surface area contributed by atoms with Crippen molar-refractivity contribution in [3.05, 3.63) is 34.3 Å². The van der Waals surface area contributed by atoms with Gasteiger partial charge >= 0.3 is 0 Å². The zero-order valence-electron chi connectivity index (χ0n) is 17.5. The van der Waals surface area contributed by atoms with Gasteiger partial charge in [0, 0.05) is 6.07 Å². The zero-order chi connectivity index (χ0) is 23.1. The van der Waals surface area contributed by atoms with Crippen molar-refractivity contribution in [2.24, 2.45) is 10.2 Å². The molecule has 0 radical (unpaired) electrons. The lowest BCUT2D eigenvalue weighted by Crippen LogP contribution is -2.32. The second-order valence-electron chi connectivity index (χ2n) is 6.04. The lowest BCUT2D eigenvalue weighted by molar-refractivity contribution is -0.126. The van der Waals surface area contributed by atoms with Gasteiger partial charge in [-0.1, -0.05) is 23.2 Å². The van der Waals surface area contributed by atoms with Gasteiger partial charge in [-0.3, -0.25) is 9.59 Å². The zero-order valence-corrected chi connectivity index (χ0v) is 19.0. The molecule has 1 amide bonds. The SMILES string of the molecule is COc1ccc(Cl)c(OC)c1NC(=O)C(N=Nc1cc(Cl)c(OC)c(OC)c1)C(C)=O. The third-order valence-electron chi connectivity index (χ3n) is 4.08. The Bertz CT molecular complexity index is 1010. The number of halogens is 2. The predicted molar refractivity (Wildman–Crippen MR) is 117 cm³/mol. The van der Waals surface area contributed by atoms with Crippen LogP contribution in [-0.4, -0.2) is 46.2 Å². The highest BCUT2D eigenvalue weighted by Crippen LogP contribution is 2.41. The van der Waals surface area contributed by atoms with E-state index in [1.807, 2.05) is 0 Å². The number of ether oxygens (including phenoxy) is 4. The maximum atomic E-state index is 12.8. The Morgan fingerprint density at radius 3 is 2.10 bits per heavy atom. The summed E-state index contributed by atoms with van der Waals surface area (Å²) < 4.78 is 20.8. The Kier molecular flexibility index (Phi) is 8.47. The van der Waals surface area contributed by atoms with Crippen molar-refractivity contribution < 1.29 is 28.5 Å². The van der Waals surface area contributed by atoms with Crippen molar-refractivity contribution >= 4 is 46.3 Å². The molecule has 1 N–H and O–H groups in total. The van der Waals surface area contributed by atoms with Crippen molar-refractivity contribution in [1.29, 1.82) is 0 Å². The average molecular weight is 470 g/mol. The van der Waals surface area contributed by atoms with Crippen LogP contribution in [0.1, 0.15) is 6.92 Å². The van der Waals surface area contributed by atoms with Gasteiger partial charge in [0.2, 0.25) is 6.04 Å². The van der Waals surface area contributed by atoms with Gasteiger partial charge < -0.3 is 24.3 Å². The summed E-state index contributed by atoms with van der Waals surface area (Å²) in [6.07, 6.45) is 0. The number of hydrogen-bond acceptors (Lipinski definition) is 8. The molecular weight excluding hydrogens is 449 g/mol. The molecule has 0 aliphatic rings. The summed E-state index contributed by atoms with van der Waals surface area (Å²) in [5, 5.41) is 10.9. The summed E-state index contributed by atoms with van der Waals surface area (Å²) in [5.41, 5.74) is 0.428. The number of azo groups is 1. The Morgan fingerprint density at radius 2 is 1.55 bits per heavy atom. The highest BCUT2D eigenvalue weighted by atomic mass is 35.5. The number of methoxy groups -OCH3 is 4. The molecule has 0 aromatic heterocycles. The third-order valence-corrected chi connectivity index (χ3v) is 4.66. The first kappa shape index (κ1) is 24.2. The lowest BCUT2D eigenvalue weighted by atomic mass is 10.2. The van der Waals surface area contributed by atoms with E-state index >= 15 is 0 Å². The van der Waals surface area contributed by atoms with Gasteiger partial charge in [0.1, 0.15) is 11.4 Å². The first-order valence-corrected chi connectivity index (χ1v) is 9.57. The third kappa shape index (κ3) is 5.56. The van der Waals surface area contributed by atoms with Crippen molar-refractivity contribution in [3.8, 4) is 23.0 Å². The van der Waals surface area contributed by atoms with Gasteiger partial charge in [-0.15, -0.1) is 0 Å². The van der Waals surface area contributed by atoms with Gasteiger partial charge in [0.05, 0.1) is 44.2 Å². The van der Waals surface area contributed by atoms with E-state index < -0.39 is 17.7 Å². The minimum Gasteiger partial charge on any atom is -0.494 e. The minimum absolute atomic E-state index is 0.165. The number of nitrogens with one attached hydrogen (secondary N) is 1. The van der Waals surface area contributed by atoms with E-state index in [-0.39, 0.29) is 27.2 Å². The predicted octanol–water partition coefficient (Wildman–Crippen LogP) is 4.71. The van der Waals surface area contributed by atoms with Gasteiger partial charge in [0.25, 0.3) is 5.91 Å². The van der Waals surface area contributed by atoms with Gasteiger partial charge in [-0.25, -0.2) is 0 Å². The molecule has 31 heavy (non-hydrogen) atoms. The van der Waals surface area contributed by atoms with E-state index in [2.05, 4.69) is 15.5 Å². The quantitative estimate of drug-likeness (QED) is 0.420. The van der Waals surface area contributed by atoms with E-state index in [1.165, 1.54) is 47.5 Å². The standard InChI is InChI=1S/C20H21Cl2N3O6/c1-10(26)16(25-24-11-8-13(22)18(30-4)15(9-11)29-3)20(27)23-17-14(28-2)7-6-12(21)19(17)31-5/h6-9,16H,1-5H3,(H,23,27). The summed E-state index contributed by atoms with van der Waals surface area (Å²) in [6, 6.07) is 4.63. The van der Waals surface area contributed by atoms with Crippen molar-refractivity contribution in [2.75, 3.05) is 33.8 Å². The van der Waals surface area contributed by atoms with Crippen LogP contribution < -0.4 is 24.3 Å². The molecule has 0 saturated heterocycles. The fourth-order valence-corrected chi connectivity index (χ4v) is 3.14. The van der Waals surface area contributed by atoms with E-state index in [1.54, 1.807) is 12.1 Å². The molecule has 1 unspecified atom stereocenters. The molecule has 0 aliphatic heterocycles. The summed E-state index contributed by atoms with van der Waals surface area (Å²) >= 11 is 12.3. The number of Topliss-reactive ketones (excluding diaryl/α,β-unsaturated/α-hetero) is 1. The molecule has 2 aromatic rings. The summed E-state index contributed by atoms with van der Waals surface area (Å²) in [4.78, 5) is 24.9. The fraction of sp³-hybridized carbons (Fsp3) is 0.300. The molecule has 2 aromatic carbocycles. The number of anilines is 1. The largest absolute Gasteiger partial charge is 0.494 e. The van der Waals surface area contributed by atoms with Crippen molar-refractivity contribution in [3.63, 3.8) is 0 Å². The number of carbonyl (C=O) groups excluding carboxylic acids is 2. The highest BCUT2D eigenvalue weighted by molar-refractivity contribution is 6.33. The van der Waals surface area contributed by atoms with E-state index in [4.69, 9.17) is 42.1 Å². The van der Waals surface area contributed by atoms with Crippen molar-refractivity contribution in [2.45, 2.75) is 13.0 Å². The van der Waals surface area contributed by atoms with Gasteiger partial charge in [0.15, 0.2) is 23.0 Å². The molecule has 2 rings (SSSR count). The summed E-state index contributed by atoms with van der Waals surface area (Å²) in [5.74, 6) is -0.166. The summed E-state index contributed by atoms with van der Waals surface area (Å²) in [6.45, 7) is 1.22. The Hall–Kier alpha value is -3.04. The Labute approximate surface area is 189 Å². The number of ketones is 1. The Balaban J connectivity index is 2.36. The first-order chi connectivity index (χ1) is 14.8. The lowest BCUT2D eigenvalue weighted by Gasteiger charge is -2.16. The molecule has 1 atom stereocenters. The first-order valence-electron chi connectivity index (χ1n) is 8.81. The molecule has 0 aliphatic carbocycles. The molecular formula is C20H21Cl2N3O6.